The summed E-state index contributed by atoms with van der Waals surface area (Å²) in [6.07, 6.45) is 1.90. The van der Waals surface area contributed by atoms with Crippen molar-refractivity contribution in [3.8, 4) is 11.5 Å². The molecule has 8 nitrogen and oxygen atoms in total. The fourth-order valence-electron chi connectivity index (χ4n) is 3.82. The fraction of sp³-hybridized carbons (Fsp3) is 0.308. The number of sulfonamides is 2. The van der Waals surface area contributed by atoms with Gasteiger partial charge in [0.2, 0.25) is 20.0 Å². The molecule has 0 unspecified atom stereocenters. The van der Waals surface area contributed by atoms with Gasteiger partial charge in [-0.2, -0.15) is 4.31 Å². The molecule has 0 heterocycles. The van der Waals surface area contributed by atoms with Gasteiger partial charge in [0.05, 0.1) is 24.0 Å². The number of nitrogens with zero attached hydrogens (tertiary/aromatic N) is 1. The van der Waals surface area contributed by atoms with Crippen molar-refractivity contribution in [2.45, 2.75) is 41.6 Å². The van der Waals surface area contributed by atoms with E-state index in [-0.39, 0.29) is 34.5 Å². The quantitative estimate of drug-likeness (QED) is 0.370. The number of nitrogens with one attached hydrogen (secondary N) is 1. The van der Waals surface area contributed by atoms with E-state index < -0.39 is 25.9 Å². The lowest BCUT2D eigenvalue weighted by Crippen LogP contribution is -2.33. The first-order valence-corrected chi connectivity index (χ1v) is 14.6. The average molecular weight is 549 g/mol. The van der Waals surface area contributed by atoms with Crippen molar-refractivity contribution in [2.75, 3.05) is 20.8 Å². The zero-order valence-electron chi connectivity index (χ0n) is 20.6. The topological polar surface area (TPSA) is 102 Å². The second-order valence-corrected chi connectivity index (χ2v) is 12.4. The number of hydrogen-bond acceptors (Lipinski definition) is 6. The molecule has 4 rings (SSSR count). The van der Waals surface area contributed by atoms with Crippen LogP contribution in [0.25, 0.3) is 0 Å². The second-order valence-electron chi connectivity index (χ2n) is 8.74. The summed E-state index contributed by atoms with van der Waals surface area (Å²) in [5, 5.41) is 0. The van der Waals surface area contributed by atoms with Crippen LogP contribution in [0.1, 0.15) is 24.0 Å². The van der Waals surface area contributed by atoms with Crippen LogP contribution in [-0.4, -0.2) is 47.9 Å². The van der Waals surface area contributed by atoms with Crippen LogP contribution in [0.4, 0.5) is 4.39 Å². The summed E-state index contributed by atoms with van der Waals surface area (Å²) in [6, 6.07) is 16.3. The molecule has 0 saturated heterocycles. The van der Waals surface area contributed by atoms with E-state index in [1.807, 2.05) is 6.07 Å². The summed E-state index contributed by atoms with van der Waals surface area (Å²) in [7, 11) is -4.77. The van der Waals surface area contributed by atoms with Crippen molar-refractivity contribution in [2.24, 2.45) is 0 Å². The highest BCUT2D eigenvalue weighted by atomic mass is 32.2. The van der Waals surface area contributed by atoms with Crippen molar-refractivity contribution in [1.29, 1.82) is 0 Å². The van der Waals surface area contributed by atoms with Crippen molar-refractivity contribution in [3.63, 3.8) is 0 Å². The molecule has 198 valence electrons. The Kier molecular flexibility index (Phi) is 8.17. The highest BCUT2D eigenvalue weighted by molar-refractivity contribution is 7.89. The Bertz CT molecular complexity index is 1460. The summed E-state index contributed by atoms with van der Waals surface area (Å²) in [5.41, 5.74) is 1.03. The standard InChI is InChI=1S/C26H29FN2O6S2/c1-34-25-14-7-19(17-26(25)35-2)15-16-29(18-20-5-3-4-6-24(20)27)37(32,33)23-12-10-22(11-13-23)36(30,31)28-21-8-9-21/h3-7,10-14,17,21,28H,8-9,15-16,18H2,1-2H3. The average Bonchev–Trinajstić information content (AvgIpc) is 3.70. The zero-order valence-corrected chi connectivity index (χ0v) is 22.2. The number of hydrogen-bond donors (Lipinski definition) is 1. The third-order valence-corrected chi connectivity index (χ3v) is 9.47. The molecule has 0 radical (unpaired) electrons. The SMILES string of the molecule is COc1ccc(CCN(Cc2ccccc2F)S(=O)(=O)c2ccc(S(=O)(=O)NC3CC3)cc2)cc1OC. The second kappa shape index (κ2) is 11.2. The van der Waals surface area contributed by atoms with Gasteiger partial charge < -0.3 is 9.47 Å². The Hall–Kier alpha value is -2.99. The molecular formula is C26H29FN2O6S2. The summed E-state index contributed by atoms with van der Waals surface area (Å²) in [4.78, 5) is -0.0918. The van der Waals surface area contributed by atoms with E-state index in [1.165, 1.54) is 61.0 Å². The normalized spacial score (nSPS) is 14.1. The van der Waals surface area contributed by atoms with Gasteiger partial charge in [0.25, 0.3) is 0 Å². The molecule has 1 saturated carbocycles. The lowest BCUT2D eigenvalue weighted by Gasteiger charge is -2.23. The van der Waals surface area contributed by atoms with Crippen LogP contribution >= 0.6 is 0 Å². The fourth-order valence-corrected chi connectivity index (χ4v) is 6.54. The minimum absolute atomic E-state index is 0.00988. The summed E-state index contributed by atoms with van der Waals surface area (Å²) in [6.45, 7) is -0.138. The molecule has 37 heavy (non-hydrogen) atoms. The smallest absolute Gasteiger partial charge is 0.243 e. The van der Waals surface area contributed by atoms with Crippen LogP contribution in [-0.2, 0) is 33.0 Å². The van der Waals surface area contributed by atoms with Crippen molar-refractivity contribution >= 4 is 20.0 Å². The largest absolute Gasteiger partial charge is 0.493 e. The predicted molar refractivity (Wildman–Crippen MR) is 137 cm³/mol. The predicted octanol–water partition coefficient (Wildman–Crippen LogP) is 3.72. The third kappa shape index (κ3) is 6.48. The van der Waals surface area contributed by atoms with E-state index in [9.17, 15) is 21.2 Å². The van der Waals surface area contributed by atoms with Crippen molar-refractivity contribution in [3.05, 3.63) is 83.7 Å². The van der Waals surface area contributed by atoms with Crippen LogP contribution in [0.3, 0.4) is 0 Å². The molecule has 11 heteroatoms. The molecular weight excluding hydrogens is 519 g/mol. The molecule has 0 aromatic heterocycles. The van der Waals surface area contributed by atoms with Gasteiger partial charge in [-0.25, -0.2) is 25.9 Å². The van der Waals surface area contributed by atoms with Crippen molar-refractivity contribution in [1.82, 2.24) is 9.03 Å². The maximum absolute atomic E-state index is 14.5. The molecule has 3 aromatic rings. The van der Waals surface area contributed by atoms with Crippen LogP contribution in [0.15, 0.2) is 76.5 Å². The molecule has 1 aliphatic carbocycles. The van der Waals surface area contributed by atoms with Crippen LogP contribution in [0.5, 0.6) is 11.5 Å². The van der Waals surface area contributed by atoms with E-state index >= 15 is 0 Å². The Morgan fingerprint density at radius 1 is 0.892 bits per heavy atom. The summed E-state index contributed by atoms with van der Waals surface area (Å²) >= 11 is 0. The van der Waals surface area contributed by atoms with E-state index in [0.717, 1.165) is 18.4 Å². The van der Waals surface area contributed by atoms with Gasteiger partial charge in [0.1, 0.15) is 5.82 Å². The van der Waals surface area contributed by atoms with Gasteiger partial charge in [-0.3, -0.25) is 0 Å². The molecule has 0 spiro atoms. The Labute approximate surface area is 217 Å². The number of benzene rings is 3. The number of methoxy groups -OCH3 is 2. The van der Waals surface area contributed by atoms with Crippen LogP contribution in [0.2, 0.25) is 0 Å². The molecule has 0 atom stereocenters. The van der Waals surface area contributed by atoms with Crippen LogP contribution < -0.4 is 14.2 Å². The van der Waals surface area contributed by atoms with Crippen molar-refractivity contribution < 1.29 is 30.7 Å². The molecule has 1 aliphatic rings. The molecule has 0 amide bonds. The lowest BCUT2D eigenvalue weighted by atomic mass is 10.1. The van der Waals surface area contributed by atoms with E-state index in [2.05, 4.69) is 4.72 Å². The molecule has 1 N–H and O–H groups in total. The van der Waals surface area contributed by atoms with E-state index in [1.54, 1.807) is 18.2 Å². The number of rotatable bonds is 12. The van der Waals surface area contributed by atoms with Gasteiger partial charge in [0, 0.05) is 24.7 Å². The first-order valence-electron chi connectivity index (χ1n) is 11.7. The Morgan fingerprint density at radius 2 is 1.54 bits per heavy atom. The van der Waals surface area contributed by atoms with Gasteiger partial charge in [-0.1, -0.05) is 24.3 Å². The maximum atomic E-state index is 14.5. The van der Waals surface area contributed by atoms with Crippen LogP contribution in [0, 0.1) is 5.82 Å². The molecule has 0 bridgehead atoms. The third-order valence-electron chi connectivity index (χ3n) is 6.07. The zero-order chi connectivity index (χ0) is 26.6. The summed E-state index contributed by atoms with van der Waals surface area (Å²) in [5.74, 6) is 0.551. The first-order chi connectivity index (χ1) is 17.6. The maximum Gasteiger partial charge on any atom is 0.243 e. The minimum Gasteiger partial charge on any atom is -0.493 e. The summed E-state index contributed by atoms with van der Waals surface area (Å²) < 4.78 is 81.0. The van der Waals surface area contributed by atoms with Gasteiger partial charge in [0.15, 0.2) is 11.5 Å². The van der Waals surface area contributed by atoms with E-state index in [4.69, 9.17) is 9.47 Å². The van der Waals surface area contributed by atoms with E-state index in [0.29, 0.717) is 17.9 Å². The minimum atomic E-state index is -4.09. The molecule has 0 aliphatic heterocycles. The first kappa shape index (κ1) is 27.1. The molecule has 3 aromatic carbocycles. The monoisotopic (exact) mass is 548 g/mol. The number of ether oxygens (including phenoxy) is 2. The lowest BCUT2D eigenvalue weighted by molar-refractivity contribution is 0.354. The van der Waals surface area contributed by atoms with Gasteiger partial charge >= 0.3 is 0 Å². The highest BCUT2D eigenvalue weighted by Gasteiger charge is 2.29. The molecule has 1 fully saturated rings. The number of halogens is 1. The highest BCUT2D eigenvalue weighted by Crippen LogP contribution is 2.29. The van der Waals surface area contributed by atoms with Gasteiger partial charge in [-0.15, -0.1) is 0 Å². The Morgan fingerprint density at radius 3 is 2.16 bits per heavy atom. The van der Waals surface area contributed by atoms with Gasteiger partial charge in [-0.05, 0) is 67.3 Å². The Balaban J connectivity index is 1.61.